The summed E-state index contributed by atoms with van der Waals surface area (Å²) in [5, 5.41) is 2.53. The van der Waals surface area contributed by atoms with Crippen molar-refractivity contribution in [3.63, 3.8) is 0 Å². The van der Waals surface area contributed by atoms with Crippen LogP contribution < -0.4 is 4.90 Å². The fraction of sp³-hybridized carbons (Fsp3) is 0.169. The number of nitrogens with zero attached hydrogens (tertiary/aromatic N) is 2. The summed E-state index contributed by atoms with van der Waals surface area (Å²) in [6.07, 6.45) is 6.97. The zero-order valence-corrected chi connectivity index (χ0v) is 39.3. The molecule has 0 radical (unpaired) electrons. The predicted molar refractivity (Wildman–Crippen MR) is 285 cm³/mol. The molecule has 1 aliphatic rings. The van der Waals surface area contributed by atoms with Gasteiger partial charge in [0.1, 0.15) is 0 Å². The number of rotatable bonds is 13. The number of aryl methyl sites for hydroxylation is 4. The topological polar surface area (TPSA) is 8.17 Å². The predicted octanol–water partition coefficient (Wildman–Crippen LogP) is 17.6. The number of hydrogen-bond acceptors (Lipinski definition) is 1. The second-order valence-corrected chi connectivity index (χ2v) is 18.8. The molecule has 328 valence electrons. The van der Waals surface area contributed by atoms with Gasteiger partial charge < -0.3 is 9.47 Å². The van der Waals surface area contributed by atoms with E-state index in [0.717, 1.165) is 35.6 Å². The maximum absolute atomic E-state index is 2.50. The number of unbranched alkanes of at least 4 members (excludes halogenated alkanes) is 2. The Morgan fingerprint density at radius 3 is 1.54 bits per heavy atom. The molecule has 67 heavy (non-hydrogen) atoms. The van der Waals surface area contributed by atoms with Crippen molar-refractivity contribution in [3.8, 4) is 27.9 Å². The number of hydrogen-bond donors (Lipinski definition) is 0. The Hall–Kier alpha value is -7.42. The van der Waals surface area contributed by atoms with Gasteiger partial charge in [0.2, 0.25) is 0 Å². The van der Waals surface area contributed by atoms with Gasteiger partial charge in [0.05, 0.1) is 16.4 Å². The van der Waals surface area contributed by atoms with Crippen molar-refractivity contribution in [2.75, 3.05) is 4.90 Å². The first-order valence-electron chi connectivity index (χ1n) is 24.5. The van der Waals surface area contributed by atoms with Crippen molar-refractivity contribution in [3.05, 3.63) is 251 Å². The minimum absolute atomic E-state index is 0.605. The smallest absolute Gasteiger partial charge is 0.0715 e. The maximum Gasteiger partial charge on any atom is 0.0715 e. The third kappa shape index (κ3) is 7.46. The van der Waals surface area contributed by atoms with Crippen LogP contribution >= 0.6 is 0 Å². The van der Waals surface area contributed by atoms with Crippen LogP contribution in [0.2, 0.25) is 0 Å². The monoisotopic (exact) mass is 866 g/mol. The molecule has 2 nitrogen and oxygen atoms in total. The molecule has 0 saturated heterocycles. The molecule has 0 saturated carbocycles. The SMILES string of the molecule is CCCCc1ccc(N(c2ccc(CCCC)cc2)c2ccc3c(c2)C(c2ccccc2)(c2ccccc2)c2cc(-n4c5ccc(C)cc5c5cc(-c6cccc(C)c6)ccc54)ccc2-3)cc1. The van der Waals surface area contributed by atoms with Crippen molar-refractivity contribution < 1.29 is 0 Å². The molecule has 0 bridgehead atoms. The van der Waals surface area contributed by atoms with Crippen LogP contribution in [0.4, 0.5) is 17.1 Å². The molecule has 0 atom stereocenters. The molecule has 0 fully saturated rings. The van der Waals surface area contributed by atoms with Gasteiger partial charge in [0.15, 0.2) is 0 Å². The standard InChI is InChI=1S/C65H58N2/c1-5-7-17-47-25-30-53(31-26-47)66(54-32-27-48(28-33-54)18-8-6-2)55-34-36-57-58-37-35-56(44-62(58)65(61(57)43-55,51-20-11-9-12-21-51)52-22-13-10-14-23-52)67-63-38-24-46(4)41-59(63)60-42-50(29-39-64(60)67)49-19-15-16-45(3)40-49/h9-16,19-44H,5-8,17-18H2,1-4H3. The van der Waals surface area contributed by atoms with Crippen molar-refractivity contribution in [2.45, 2.75) is 71.6 Å². The van der Waals surface area contributed by atoms with Crippen molar-refractivity contribution in [1.29, 1.82) is 0 Å². The molecule has 0 unspecified atom stereocenters. The number of fused-ring (bicyclic) bond motifs is 6. The van der Waals surface area contributed by atoms with E-state index in [1.165, 1.54) is 114 Å². The lowest BCUT2D eigenvalue weighted by Crippen LogP contribution is -2.29. The van der Waals surface area contributed by atoms with Gasteiger partial charge in [0, 0.05) is 33.5 Å². The van der Waals surface area contributed by atoms with E-state index in [9.17, 15) is 0 Å². The molecule has 1 aromatic heterocycles. The average Bonchev–Trinajstić information content (AvgIpc) is 3.85. The van der Waals surface area contributed by atoms with Gasteiger partial charge in [-0.1, -0.05) is 171 Å². The summed E-state index contributed by atoms with van der Waals surface area (Å²) in [4.78, 5) is 2.47. The summed E-state index contributed by atoms with van der Waals surface area (Å²) >= 11 is 0. The minimum atomic E-state index is -0.605. The van der Waals surface area contributed by atoms with Crippen molar-refractivity contribution in [2.24, 2.45) is 0 Å². The summed E-state index contributed by atoms with van der Waals surface area (Å²) in [6.45, 7) is 8.91. The van der Waals surface area contributed by atoms with Gasteiger partial charge >= 0.3 is 0 Å². The lowest BCUT2D eigenvalue weighted by Gasteiger charge is -2.35. The minimum Gasteiger partial charge on any atom is -0.310 e. The third-order valence-corrected chi connectivity index (χ3v) is 14.3. The maximum atomic E-state index is 2.50. The van der Waals surface area contributed by atoms with E-state index in [1.54, 1.807) is 0 Å². The van der Waals surface area contributed by atoms with E-state index in [4.69, 9.17) is 0 Å². The number of aromatic nitrogens is 1. The quantitative estimate of drug-likeness (QED) is 0.112. The molecule has 2 heteroatoms. The van der Waals surface area contributed by atoms with E-state index >= 15 is 0 Å². The Morgan fingerprint density at radius 2 is 0.940 bits per heavy atom. The third-order valence-electron chi connectivity index (χ3n) is 14.3. The molecule has 0 amide bonds. The van der Waals surface area contributed by atoms with Gasteiger partial charge in [-0.2, -0.15) is 0 Å². The number of benzene rings is 9. The highest BCUT2D eigenvalue weighted by Gasteiger charge is 2.46. The van der Waals surface area contributed by atoms with Gasteiger partial charge in [-0.05, 0) is 168 Å². The first-order valence-corrected chi connectivity index (χ1v) is 24.5. The van der Waals surface area contributed by atoms with E-state index < -0.39 is 5.41 Å². The summed E-state index contributed by atoms with van der Waals surface area (Å²) < 4.78 is 2.50. The van der Waals surface area contributed by atoms with Crippen LogP contribution in [0.1, 0.15) is 84.0 Å². The lowest BCUT2D eigenvalue weighted by atomic mass is 9.67. The highest BCUT2D eigenvalue weighted by atomic mass is 15.1. The number of anilines is 3. The van der Waals surface area contributed by atoms with E-state index in [-0.39, 0.29) is 0 Å². The van der Waals surface area contributed by atoms with E-state index in [0.29, 0.717) is 0 Å². The molecule has 0 aliphatic heterocycles. The van der Waals surface area contributed by atoms with Gasteiger partial charge in [-0.15, -0.1) is 0 Å². The molecule has 0 spiro atoms. The fourth-order valence-electron chi connectivity index (χ4n) is 11.0. The zero-order valence-electron chi connectivity index (χ0n) is 39.3. The Balaban J connectivity index is 1.13. The van der Waals surface area contributed by atoms with Gasteiger partial charge in [0.25, 0.3) is 0 Å². The largest absolute Gasteiger partial charge is 0.310 e. The van der Waals surface area contributed by atoms with Crippen LogP contribution in [-0.4, -0.2) is 4.57 Å². The molecule has 1 aliphatic carbocycles. The molecule has 1 heterocycles. The second-order valence-electron chi connectivity index (χ2n) is 18.8. The van der Waals surface area contributed by atoms with Crippen LogP contribution in [0.5, 0.6) is 0 Å². The molecule has 11 rings (SSSR count). The Morgan fingerprint density at radius 1 is 0.418 bits per heavy atom. The lowest BCUT2D eigenvalue weighted by molar-refractivity contribution is 0.767. The fourth-order valence-corrected chi connectivity index (χ4v) is 11.0. The second kappa shape index (κ2) is 17.8. The zero-order chi connectivity index (χ0) is 45.5. The van der Waals surface area contributed by atoms with Crippen LogP contribution in [-0.2, 0) is 18.3 Å². The summed E-state index contributed by atoms with van der Waals surface area (Å²) in [6, 6.07) is 78.4. The van der Waals surface area contributed by atoms with Crippen molar-refractivity contribution in [1.82, 2.24) is 4.57 Å². The summed E-state index contributed by atoms with van der Waals surface area (Å²) in [5.41, 5.74) is 21.8. The average molecular weight is 867 g/mol. The van der Waals surface area contributed by atoms with E-state index in [2.05, 4.69) is 243 Å². The van der Waals surface area contributed by atoms with Crippen LogP contribution in [0, 0.1) is 13.8 Å². The highest BCUT2D eigenvalue weighted by molar-refractivity contribution is 6.11. The summed E-state index contributed by atoms with van der Waals surface area (Å²) in [5.74, 6) is 0. The molecule has 0 N–H and O–H groups in total. The molecular weight excluding hydrogens is 809 g/mol. The van der Waals surface area contributed by atoms with Crippen LogP contribution in [0.3, 0.4) is 0 Å². The van der Waals surface area contributed by atoms with Crippen LogP contribution in [0.25, 0.3) is 49.7 Å². The molecular formula is C65H58N2. The first kappa shape index (κ1) is 42.2. The van der Waals surface area contributed by atoms with E-state index in [1.807, 2.05) is 0 Å². The normalized spacial score (nSPS) is 12.7. The first-order chi connectivity index (χ1) is 32.9. The van der Waals surface area contributed by atoms with Gasteiger partial charge in [-0.3, -0.25) is 0 Å². The highest BCUT2D eigenvalue weighted by Crippen LogP contribution is 2.58. The molecule has 10 aromatic rings. The van der Waals surface area contributed by atoms with Crippen molar-refractivity contribution >= 4 is 38.9 Å². The van der Waals surface area contributed by atoms with Gasteiger partial charge in [-0.25, -0.2) is 0 Å². The summed E-state index contributed by atoms with van der Waals surface area (Å²) in [7, 11) is 0. The Kier molecular flexibility index (Phi) is 11.2. The Labute approximate surface area is 396 Å². The molecule has 9 aromatic carbocycles. The van der Waals surface area contributed by atoms with Crippen LogP contribution in [0.15, 0.2) is 206 Å². The Bertz CT molecular complexity index is 3280.